The van der Waals surface area contributed by atoms with Crippen LogP contribution in [0, 0.1) is 25.2 Å². The molecule has 0 atom stereocenters. The second-order valence-electron chi connectivity index (χ2n) is 6.60. The normalized spacial score (nSPS) is 14.1. The molecule has 1 saturated heterocycles. The first-order chi connectivity index (χ1) is 13.0. The summed E-state index contributed by atoms with van der Waals surface area (Å²) in [5, 5.41) is 9.00. The summed E-state index contributed by atoms with van der Waals surface area (Å²) >= 11 is 0. The van der Waals surface area contributed by atoms with Gasteiger partial charge in [0, 0.05) is 50.1 Å². The number of rotatable bonds is 4. The maximum Gasteiger partial charge on any atom is 0.254 e. The van der Waals surface area contributed by atoms with Gasteiger partial charge in [0.2, 0.25) is 5.91 Å². The van der Waals surface area contributed by atoms with Crippen LogP contribution in [0.3, 0.4) is 0 Å². The van der Waals surface area contributed by atoms with Crippen molar-refractivity contribution in [2.75, 3.05) is 31.1 Å². The second kappa shape index (κ2) is 7.99. The smallest absolute Gasteiger partial charge is 0.254 e. The fourth-order valence-electron chi connectivity index (χ4n) is 3.28. The molecule has 2 aromatic heterocycles. The van der Waals surface area contributed by atoms with E-state index < -0.39 is 0 Å². The topological polar surface area (TPSA) is 106 Å². The van der Waals surface area contributed by atoms with E-state index in [0.717, 1.165) is 5.82 Å². The Kier molecular flexibility index (Phi) is 5.50. The van der Waals surface area contributed by atoms with Gasteiger partial charge in [-0.3, -0.25) is 9.59 Å². The molecule has 3 rings (SSSR count). The first-order valence-electron chi connectivity index (χ1n) is 8.93. The van der Waals surface area contributed by atoms with E-state index in [9.17, 15) is 9.59 Å². The number of anilines is 1. The first-order valence-corrected chi connectivity index (χ1v) is 8.93. The number of nitriles is 1. The van der Waals surface area contributed by atoms with Gasteiger partial charge in [0.25, 0.3) is 5.56 Å². The van der Waals surface area contributed by atoms with Crippen LogP contribution in [0.2, 0.25) is 0 Å². The van der Waals surface area contributed by atoms with E-state index in [0.29, 0.717) is 55.2 Å². The van der Waals surface area contributed by atoms with Crippen molar-refractivity contribution in [3.05, 3.63) is 51.3 Å². The van der Waals surface area contributed by atoms with Crippen LogP contribution >= 0.6 is 0 Å². The fraction of sp³-hybridized carbons (Fsp3) is 0.421. The van der Waals surface area contributed by atoms with Gasteiger partial charge in [-0.05, 0) is 32.4 Å². The lowest BCUT2D eigenvalue weighted by Gasteiger charge is -2.35. The highest BCUT2D eigenvalue weighted by Crippen LogP contribution is 2.15. The van der Waals surface area contributed by atoms with E-state index in [1.54, 1.807) is 32.2 Å². The van der Waals surface area contributed by atoms with Crippen LogP contribution in [0.5, 0.6) is 0 Å². The number of carbonyl (C=O) groups is 1. The molecule has 0 unspecified atom stereocenters. The number of aryl methyl sites for hydroxylation is 2. The first kappa shape index (κ1) is 18.6. The quantitative estimate of drug-likeness (QED) is 0.863. The van der Waals surface area contributed by atoms with E-state index in [-0.39, 0.29) is 17.9 Å². The van der Waals surface area contributed by atoms with E-state index in [2.05, 4.69) is 25.9 Å². The van der Waals surface area contributed by atoms with Gasteiger partial charge in [0.05, 0.1) is 11.6 Å². The van der Waals surface area contributed by atoms with Gasteiger partial charge in [0.1, 0.15) is 11.6 Å². The number of nitrogens with one attached hydrogen (secondary N) is 1. The summed E-state index contributed by atoms with van der Waals surface area (Å²) in [7, 11) is 0. The van der Waals surface area contributed by atoms with Crippen molar-refractivity contribution in [1.82, 2.24) is 19.9 Å². The molecule has 27 heavy (non-hydrogen) atoms. The average molecular weight is 366 g/mol. The molecule has 1 fully saturated rings. The van der Waals surface area contributed by atoms with E-state index in [4.69, 9.17) is 5.26 Å². The lowest BCUT2D eigenvalue weighted by atomic mass is 10.1. The standard InChI is InChI=1S/C19H22N6O2/c1-13-16(19(27)23-14(2)22-13)3-4-18(26)25-9-7-24(8-10-25)17-11-15(12-20)5-6-21-17/h5-6,11H,3-4,7-10H2,1-2H3,(H,22,23,27). The predicted molar refractivity (Wildman–Crippen MR) is 100 cm³/mol. The van der Waals surface area contributed by atoms with Crippen molar-refractivity contribution in [1.29, 1.82) is 5.26 Å². The highest BCUT2D eigenvalue weighted by Gasteiger charge is 2.22. The van der Waals surface area contributed by atoms with Crippen molar-refractivity contribution in [3.63, 3.8) is 0 Å². The van der Waals surface area contributed by atoms with Gasteiger partial charge in [-0.25, -0.2) is 9.97 Å². The summed E-state index contributed by atoms with van der Waals surface area (Å²) in [4.78, 5) is 39.7. The Hall–Kier alpha value is -3.21. The van der Waals surface area contributed by atoms with Crippen molar-refractivity contribution in [2.24, 2.45) is 0 Å². The SMILES string of the molecule is Cc1nc(C)c(CCC(=O)N2CCN(c3cc(C#N)ccn3)CC2)c(=O)[nH]1. The van der Waals surface area contributed by atoms with Crippen LogP contribution in [0.1, 0.15) is 29.1 Å². The zero-order valence-electron chi connectivity index (χ0n) is 15.5. The van der Waals surface area contributed by atoms with Crippen LogP contribution in [-0.2, 0) is 11.2 Å². The minimum absolute atomic E-state index is 0.0350. The van der Waals surface area contributed by atoms with Crippen molar-refractivity contribution in [2.45, 2.75) is 26.7 Å². The van der Waals surface area contributed by atoms with Crippen molar-refractivity contribution < 1.29 is 4.79 Å². The number of hydrogen-bond donors (Lipinski definition) is 1. The molecule has 8 nitrogen and oxygen atoms in total. The van der Waals surface area contributed by atoms with Crippen LogP contribution < -0.4 is 10.5 Å². The summed E-state index contributed by atoms with van der Waals surface area (Å²) in [5.74, 6) is 1.37. The number of piperazine rings is 1. The second-order valence-corrected chi connectivity index (χ2v) is 6.60. The summed E-state index contributed by atoms with van der Waals surface area (Å²) in [6.07, 6.45) is 2.30. The zero-order valence-corrected chi connectivity index (χ0v) is 15.5. The molecule has 8 heteroatoms. The predicted octanol–water partition coefficient (Wildman–Crippen LogP) is 0.935. The van der Waals surface area contributed by atoms with Crippen molar-refractivity contribution >= 4 is 11.7 Å². The summed E-state index contributed by atoms with van der Waals surface area (Å²) in [6, 6.07) is 5.55. The molecule has 0 radical (unpaired) electrons. The molecule has 1 N–H and O–H groups in total. The van der Waals surface area contributed by atoms with Gasteiger partial charge in [0.15, 0.2) is 0 Å². The van der Waals surface area contributed by atoms with Gasteiger partial charge < -0.3 is 14.8 Å². The summed E-state index contributed by atoms with van der Waals surface area (Å²) in [6.45, 7) is 6.06. The molecule has 0 saturated carbocycles. The number of H-pyrrole nitrogens is 1. The molecule has 1 aliphatic heterocycles. The molecule has 2 aromatic rings. The molecule has 0 aromatic carbocycles. The van der Waals surface area contributed by atoms with Crippen molar-refractivity contribution in [3.8, 4) is 6.07 Å². The third-order valence-electron chi connectivity index (χ3n) is 4.76. The fourth-order valence-corrected chi connectivity index (χ4v) is 3.28. The van der Waals surface area contributed by atoms with Gasteiger partial charge in [-0.15, -0.1) is 0 Å². The number of hydrogen-bond acceptors (Lipinski definition) is 6. The number of nitrogens with zero attached hydrogens (tertiary/aromatic N) is 5. The Morgan fingerprint density at radius 3 is 2.70 bits per heavy atom. The van der Waals surface area contributed by atoms with Crippen LogP contribution in [0.4, 0.5) is 5.82 Å². The van der Waals surface area contributed by atoms with Crippen LogP contribution in [-0.4, -0.2) is 51.9 Å². The molecule has 0 aliphatic carbocycles. The Bertz CT molecular complexity index is 938. The summed E-state index contributed by atoms with van der Waals surface area (Å²) < 4.78 is 0. The lowest BCUT2D eigenvalue weighted by Crippen LogP contribution is -2.49. The van der Waals surface area contributed by atoms with E-state index in [1.165, 1.54) is 0 Å². The third kappa shape index (κ3) is 4.31. The molecular weight excluding hydrogens is 344 g/mol. The largest absolute Gasteiger partial charge is 0.353 e. The van der Waals surface area contributed by atoms with Gasteiger partial charge in [-0.1, -0.05) is 0 Å². The lowest BCUT2D eigenvalue weighted by molar-refractivity contribution is -0.131. The minimum Gasteiger partial charge on any atom is -0.353 e. The van der Waals surface area contributed by atoms with Gasteiger partial charge in [-0.2, -0.15) is 5.26 Å². The monoisotopic (exact) mass is 366 g/mol. The molecule has 1 aliphatic rings. The van der Waals surface area contributed by atoms with E-state index >= 15 is 0 Å². The highest BCUT2D eigenvalue weighted by atomic mass is 16.2. The Balaban J connectivity index is 1.56. The molecule has 1 amide bonds. The maximum atomic E-state index is 12.5. The number of carbonyl (C=O) groups excluding carboxylic acids is 1. The number of amides is 1. The number of aromatic nitrogens is 3. The molecule has 0 spiro atoms. The molecular formula is C19H22N6O2. The zero-order chi connectivity index (χ0) is 19.4. The highest BCUT2D eigenvalue weighted by molar-refractivity contribution is 5.76. The molecule has 3 heterocycles. The molecule has 140 valence electrons. The van der Waals surface area contributed by atoms with E-state index in [1.807, 2.05) is 4.90 Å². The Morgan fingerprint density at radius 1 is 1.30 bits per heavy atom. The Labute approximate surface area is 157 Å². The summed E-state index contributed by atoms with van der Waals surface area (Å²) in [5.41, 5.74) is 1.66. The number of aromatic amines is 1. The van der Waals surface area contributed by atoms with Crippen LogP contribution in [0.15, 0.2) is 23.1 Å². The van der Waals surface area contributed by atoms with Gasteiger partial charge >= 0.3 is 0 Å². The average Bonchev–Trinajstić information content (AvgIpc) is 2.67. The maximum absolute atomic E-state index is 12.5. The Morgan fingerprint density at radius 2 is 2.04 bits per heavy atom. The minimum atomic E-state index is -0.166. The van der Waals surface area contributed by atoms with Crippen LogP contribution in [0.25, 0.3) is 0 Å². The molecule has 0 bridgehead atoms. The number of pyridine rings is 1. The third-order valence-corrected chi connectivity index (χ3v) is 4.76.